The number of para-hydroxylation sites is 2. The van der Waals surface area contributed by atoms with E-state index >= 15 is 0 Å². The minimum absolute atomic E-state index is 0.189. The largest absolute Gasteiger partial charge is 0.323 e. The number of nitrogens with zero attached hydrogens (tertiary/aromatic N) is 2. The molecule has 1 aromatic heterocycles. The highest BCUT2D eigenvalue weighted by atomic mass is 16.1. The minimum Gasteiger partial charge on any atom is -0.323 e. The van der Waals surface area contributed by atoms with Gasteiger partial charge in [0.25, 0.3) is 0 Å². The molecule has 0 saturated carbocycles. The molecule has 3 nitrogen and oxygen atoms in total. The summed E-state index contributed by atoms with van der Waals surface area (Å²) in [6.07, 6.45) is 2.20. The Bertz CT molecular complexity index is 701. The molecule has 0 N–H and O–H groups in total. The van der Waals surface area contributed by atoms with Gasteiger partial charge in [-0.05, 0) is 17.7 Å². The second-order valence-corrected chi connectivity index (χ2v) is 4.56. The number of Topliss-reactive ketones (excluding diaryl/α,β-unsaturated/α-hetero) is 1. The van der Waals surface area contributed by atoms with Crippen molar-refractivity contribution < 1.29 is 4.79 Å². The van der Waals surface area contributed by atoms with Crippen molar-refractivity contribution in [3.8, 4) is 0 Å². The zero-order chi connectivity index (χ0) is 13.1. The molecular formula is C16H14N2O. The van der Waals surface area contributed by atoms with Crippen LogP contribution in [-0.2, 0) is 17.8 Å². The molecule has 3 heteroatoms. The summed E-state index contributed by atoms with van der Waals surface area (Å²) < 4.78 is 1.90. The molecule has 19 heavy (non-hydrogen) atoms. The number of hydrogen-bond donors (Lipinski definition) is 0. The first kappa shape index (κ1) is 11.7. The number of fused-ring (bicyclic) bond motifs is 1. The first-order valence-electron chi connectivity index (χ1n) is 6.28. The molecule has 0 atom stereocenters. The summed E-state index contributed by atoms with van der Waals surface area (Å²) in [5.74, 6) is 0.189. The Labute approximate surface area is 111 Å². The summed E-state index contributed by atoms with van der Waals surface area (Å²) in [7, 11) is 0. The summed E-state index contributed by atoms with van der Waals surface area (Å²) in [6, 6.07) is 17.7. The van der Waals surface area contributed by atoms with Gasteiger partial charge in [0.2, 0.25) is 0 Å². The van der Waals surface area contributed by atoms with E-state index in [9.17, 15) is 4.79 Å². The minimum atomic E-state index is 0.189. The second-order valence-electron chi connectivity index (χ2n) is 4.56. The quantitative estimate of drug-likeness (QED) is 0.713. The lowest BCUT2D eigenvalue weighted by atomic mass is 10.1. The van der Waals surface area contributed by atoms with Crippen molar-refractivity contribution in [1.82, 2.24) is 9.55 Å². The Morgan fingerprint density at radius 1 is 1.00 bits per heavy atom. The van der Waals surface area contributed by atoms with Crippen molar-refractivity contribution in [2.24, 2.45) is 0 Å². The fourth-order valence-electron chi connectivity index (χ4n) is 2.21. The molecule has 0 unspecified atom stereocenters. The van der Waals surface area contributed by atoms with Crippen molar-refractivity contribution in [3.63, 3.8) is 0 Å². The molecule has 0 bridgehead atoms. The number of aromatic nitrogens is 2. The molecule has 0 aliphatic heterocycles. The molecule has 0 amide bonds. The molecule has 3 rings (SSSR count). The van der Waals surface area contributed by atoms with E-state index in [0.717, 1.165) is 16.6 Å². The van der Waals surface area contributed by atoms with Crippen LogP contribution >= 0.6 is 0 Å². The molecule has 0 radical (unpaired) electrons. The van der Waals surface area contributed by atoms with Gasteiger partial charge in [-0.3, -0.25) is 4.79 Å². The Morgan fingerprint density at radius 2 is 1.74 bits per heavy atom. The lowest BCUT2D eigenvalue weighted by Gasteiger charge is -2.04. The van der Waals surface area contributed by atoms with Crippen LogP contribution < -0.4 is 0 Å². The van der Waals surface area contributed by atoms with Crippen molar-refractivity contribution in [1.29, 1.82) is 0 Å². The maximum atomic E-state index is 12.1. The van der Waals surface area contributed by atoms with Gasteiger partial charge in [-0.15, -0.1) is 0 Å². The highest BCUT2D eigenvalue weighted by molar-refractivity contribution is 5.83. The molecule has 0 spiro atoms. The van der Waals surface area contributed by atoms with Crippen LogP contribution in [0.1, 0.15) is 5.56 Å². The van der Waals surface area contributed by atoms with Gasteiger partial charge < -0.3 is 4.57 Å². The molecule has 0 aliphatic carbocycles. The van der Waals surface area contributed by atoms with Gasteiger partial charge in [0, 0.05) is 6.42 Å². The standard InChI is InChI=1S/C16H14N2O/c19-14(10-13-6-2-1-3-7-13)11-18-12-17-15-8-4-5-9-16(15)18/h1-9,12H,10-11H2. The van der Waals surface area contributed by atoms with Gasteiger partial charge in [0.1, 0.15) is 0 Å². The Hall–Kier alpha value is -2.42. The number of carbonyl (C=O) groups is 1. The van der Waals surface area contributed by atoms with Crippen molar-refractivity contribution in [3.05, 3.63) is 66.5 Å². The van der Waals surface area contributed by atoms with E-state index in [2.05, 4.69) is 4.98 Å². The molecule has 0 aliphatic rings. The number of hydrogen-bond acceptors (Lipinski definition) is 2. The Balaban J connectivity index is 1.76. The predicted octanol–water partition coefficient (Wildman–Crippen LogP) is 2.85. The summed E-state index contributed by atoms with van der Waals surface area (Å²) in [6.45, 7) is 0.370. The number of rotatable bonds is 4. The van der Waals surface area contributed by atoms with E-state index in [1.165, 1.54) is 0 Å². The normalized spacial score (nSPS) is 10.7. The first-order valence-corrected chi connectivity index (χ1v) is 6.28. The van der Waals surface area contributed by atoms with Crippen LogP contribution in [0.15, 0.2) is 60.9 Å². The average molecular weight is 250 g/mol. The van der Waals surface area contributed by atoms with Crippen LogP contribution in [-0.4, -0.2) is 15.3 Å². The van der Waals surface area contributed by atoms with Crippen molar-refractivity contribution in [2.75, 3.05) is 0 Å². The van der Waals surface area contributed by atoms with Gasteiger partial charge in [0.15, 0.2) is 5.78 Å². The van der Waals surface area contributed by atoms with Crippen LogP contribution in [0.5, 0.6) is 0 Å². The summed E-state index contributed by atoms with van der Waals surface area (Å²) >= 11 is 0. The van der Waals surface area contributed by atoms with E-state index in [0.29, 0.717) is 13.0 Å². The smallest absolute Gasteiger partial charge is 0.156 e. The lowest BCUT2D eigenvalue weighted by molar-refractivity contribution is -0.118. The van der Waals surface area contributed by atoms with Crippen LogP contribution in [0.2, 0.25) is 0 Å². The number of carbonyl (C=O) groups excluding carboxylic acids is 1. The topological polar surface area (TPSA) is 34.9 Å². The van der Waals surface area contributed by atoms with Gasteiger partial charge in [-0.25, -0.2) is 4.98 Å². The third-order valence-electron chi connectivity index (χ3n) is 3.12. The Morgan fingerprint density at radius 3 is 2.58 bits per heavy atom. The van der Waals surface area contributed by atoms with Gasteiger partial charge in [-0.2, -0.15) is 0 Å². The van der Waals surface area contributed by atoms with Gasteiger partial charge >= 0.3 is 0 Å². The summed E-state index contributed by atoms with van der Waals surface area (Å²) in [5.41, 5.74) is 2.98. The van der Waals surface area contributed by atoms with Gasteiger partial charge in [0.05, 0.1) is 23.9 Å². The fraction of sp³-hybridized carbons (Fsp3) is 0.125. The molecular weight excluding hydrogens is 236 g/mol. The summed E-state index contributed by atoms with van der Waals surface area (Å²) in [5, 5.41) is 0. The number of imidazole rings is 1. The predicted molar refractivity (Wildman–Crippen MR) is 74.9 cm³/mol. The highest BCUT2D eigenvalue weighted by Gasteiger charge is 2.07. The first-order chi connectivity index (χ1) is 9.33. The zero-order valence-corrected chi connectivity index (χ0v) is 10.5. The van der Waals surface area contributed by atoms with E-state index in [1.54, 1.807) is 6.33 Å². The van der Waals surface area contributed by atoms with Crippen LogP contribution in [0.3, 0.4) is 0 Å². The van der Waals surface area contributed by atoms with E-state index in [4.69, 9.17) is 0 Å². The summed E-state index contributed by atoms with van der Waals surface area (Å²) in [4.78, 5) is 16.4. The maximum Gasteiger partial charge on any atom is 0.156 e. The van der Waals surface area contributed by atoms with Crippen molar-refractivity contribution in [2.45, 2.75) is 13.0 Å². The van der Waals surface area contributed by atoms with Crippen LogP contribution in [0, 0.1) is 0 Å². The zero-order valence-electron chi connectivity index (χ0n) is 10.5. The fourth-order valence-corrected chi connectivity index (χ4v) is 2.21. The molecule has 1 heterocycles. The van der Waals surface area contributed by atoms with Crippen LogP contribution in [0.25, 0.3) is 11.0 Å². The molecule has 3 aromatic rings. The average Bonchev–Trinajstić information content (AvgIpc) is 2.83. The van der Waals surface area contributed by atoms with E-state index in [1.807, 2.05) is 59.2 Å². The third kappa shape index (κ3) is 2.55. The number of ketones is 1. The molecule has 94 valence electrons. The second kappa shape index (κ2) is 5.06. The maximum absolute atomic E-state index is 12.1. The number of benzene rings is 2. The van der Waals surface area contributed by atoms with E-state index in [-0.39, 0.29) is 5.78 Å². The van der Waals surface area contributed by atoms with Crippen LogP contribution in [0.4, 0.5) is 0 Å². The van der Waals surface area contributed by atoms with Gasteiger partial charge in [-0.1, -0.05) is 42.5 Å². The van der Waals surface area contributed by atoms with Crippen molar-refractivity contribution >= 4 is 16.8 Å². The SMILES string of the molecule is O=C(Cc1ccccc1)Cn1cnc2ccccc21. The third-order valence-corrected chi connectivity index (χ3v) is 3.12. The molecule has 0 saturated heterocycles. The monoisotopic (exact) mass is 250 g/mol. The molecule has 0 fully saturated rings. The highest BCUT2D eigenvalue weighted by Crippen LogP contribution is 2.12. The van der Waals surface area contributed by atoms with E-state index < -0.39 is 0 Å². The Kier molecular flexibility index (Phi) is 3.11. The lowest BCUT2D eigenvalue weighted by Crippen LogP contribution is -2.11. The molecule has 2 aromatic carbocycles.